The molecule has 63 heavy (non-hydrogen) atoms. The number of piperazine rings is 2. The molecule has 3 N–H and O–H groups in total. The summed E-state index contributed by atoms with van der Waals surface area (Å²) < 4.78 is 11.1. The molecule has 13 nitrogen and oxygen atoms in total. The fourth-order valence-electron chi connectivity index (χ4n) is 7.09. The molecule has 2 heterocycles. The standard InChI is InChI=1S/C24H29Cl2N3O4.C22H24Cl2N2O4/c1-24(2,3)33-23(32)28-11-12-29(21(15-28)16-4-7-18(25)8-5-16)20-9-6-17(14-19(20)26)22(31)27-10-13-30;1-22(2,3)30-21(29)25-10-11-26(18-9-6-15(20(27)28)12-17(18)24)19(13-25)14-4-7-16(23)8-5-14/h4-9,14,21,30H,10-13,15H2,1-3H3,(H,27,31);4-9,12,19H,10-11,13H2,1-3H3,(H,27,28)/t21-;19-/m00/s1. The molecule has 4 aromatic carbocycles. The van der Waals surface area contributed by atoms with Crippen molar-refractivity contribution in [1.82, 2.24) is 15.1 Å². The van der Waals surface area contributed by atoms with Gasteiger partial charge in [-0.15, -0.1) is 0 Å². The number of hydrogen-bond donors (Lipinski definition) is 3. The summed E-state index contributed by atoms with van der Waals surface area (Å²) in [6, 6.07) is 24.4. The second kappa shape index (κ2) is 21.2. The fraction of sp³-hybridized carbons (Fsp3) is 0.391. The molecule has 2 saturated heterocycles. The van der Waals surface area contributed by atoms with Gasteiger partial charge in [0.25, 0.3) is 5.91 Å². The Labute approximate surface area is 388 Å². The third kappa shape index (κ3) is 13.5. The van der Waals surface area contributed by atoms with Gasteiger partial charge in [-0.25, -0.2) is 14.4 Å². The van der Waals surface area contributed by atoms with Crippen LogP contribution in [-0.2, 0) is 9.47 Å². The number of carbonyl (C=O) groups is 4. The number of amides is 3. The maximum absolute atomic E-state index is 12.7. The zero-order valence-corrected chi connectivity index (χ0v) is 39.1. The quantitative estimate of drug-likeness (QED) is 0.156. The average Bonchev–Trinajstić information content (AvgIpc) is 3.22. The van der Waals surface area contributed by atoms with E-state index in [4.69, 9.17) is 61.0 Å². The molecular weight excluding hydrogens is 892 g/mol. The molecule has 0 aliphatic carbocycles. The highest BCUT2D eigenvalue weighted by Gasteiger charge is 2.36. The van der Waals surface area contributed by atoms with E-state index in [0.29, 0.717) is 70.6 Å². The summed E-state index contributed by atoms with van der Waals surface area (Å²) in [4.78, 5) is 56.4. The SMILES string of the molecule is CC(C)(C)OC(=O)N1CCN(c2ccc(C(=O)NCCO)cc2Cl)[C@H](c2ccc(Cl)cc2)C1.CC(C)(C)OC(=O)N1CCN(c2ccc(C(=O)O)cc2Cl)[C@H](c2ccc(Cl)cc2)C1. The molecule has 0 bridgehead atoms. The lowest BCUT2D eigenvalue weighted by atomic mass is 10.0. The number of aliphatic hydroxyl groups excluding tert-OH is 1. The van der Waals surface area contributed by atoms with Gasteiger partial charge in [0.05, 0.1) is 45.7 Å². The molecular formula is C46H53Cl4N5O8. The van der Waals surface area contributed by atoms with Crippen molar-refractivity contribution in [2.75, 3.05) is 62.2 Å². The van der Waals surface area contributed by atoms with Crippen molar-refractivity contribution >= 4 is 81.8 Å². The Hall–Kier alpha value is -4.92. The Kier molecular flexibility index (Phi) is 16.5. The topological polar surface area (TPSA) is 152 Å². The summed E-state index contributed by atoms with van der Waals surface area (Å²) in [6.45, 7) is 13.8. The van der Waals surface area contributed by atoms with Gasteiger partial charge in [0.1, 0.15) is 11.2 Å². The Morgan fingerprint density at radius 1 is 0.619 bits per heavy atom. The lowest BCUT2D eigenvalue weighted by molar-refractivity contribution is 0.0204. The summed E-state index contributed by atoms with van der Waals surface area (Å²) >= 11 is 25.2. The van der Waals surface area contributed by atoms with Crippen molar-refractivity contribution in [1.29, 1.82) is 0 Å². The van der Waals surface area contributed by atoms with Crippen molar-refractivity contribution in [3.05, 3.63) is 127 Å². The highest BCUT2D eigenvalue weighted by Crippen LogP contribution is 2.38. The third-order valence-corrected chi connectivity index (χ3v) is 11.1. The molecule has 2 atom stereocenters. The van der Waals surface area contributed by atoms with E-state index in [1.54, 1.807) is 40.1 Å². The van der Waals surface area contributed by atoms with E-state index in [1.807, 2.05) is 84.0 Å². The number of rotatable bonds is 8. The Bertz CT molecular complexity index is 2250. The van der Waals surface area contributed by atoms with Crippen LogP contribution in [0, 0.1) is 0 Å². The van der Waals surface area contributed by atoms with Crippen LogP contribution in [0.3, 0.4) is 0 Å². The second-order valence-electron chi connectivity index (χ2n) is 17.0. The van der Waals surface area contributed by atoms with Crippen LogP contribution in [0.25, 0.3) is 0 Å². The van der Waals surface area contributed by atoms with Crippen LogP contribution in [0.2, 0.25) is 20.1 Å². The highest BCUT2D eigenvalue weighted by molar-refractivity contribution is 6.34. The normalized spacial score (nSPS) is 16.7. The third-order valence-electron chi connectivity index (χ3n) is 9.99. The molecule has 0 aromatic heterocycles. The zero-order valence-electron chi connectivity index (χ0n) is 36.0. The number of aliphatic hydroxyl groups is 1. The van der Waals surface area contributed by atoms with E-state index in [1.165, 1.54) is 12.1 Å². The number of nitrogens with zero attached hydrogens (tertiary/aromatic N) is 4. The first-order valence-electron chi connectivity index (χ1n) is 20.4. The Morgan fingerprint density at radius 3 is 1.38 bits per heavy atom. The number of carbonyl (C=O) groups excluding carboxylic acids is 3. The number of carboxylic acids is 1. The van der Waals surface area contributed by atoms with Crippen molar-refractivity contribution in [3.8, 4) is 0 Å². The maximum atomic E-state index is 12.7. The smallest absolute Gasteiger partial charge is 0.410 e. The largest absolute Gasteiger partial charge is 0.478 e. The van der Waals surface area contributed by atoms with Gasteiger partial charge in [0.2, 0.25) is 0 Å². The molecule has 17 heteroatoms. The van der Waals surface area contributed by atoms with Crippen LogP contribution in [0.4, 0.5) is 21.0 Å². The molecule has 3 amide bonds. The summed E-state index contributed by atoms with van der Waals surface area (Å²) in [5, 5.41) is 22.8. The van der Waals surface area contributed by atoms with E-state index < -0.39 is 17.2 Å². The number of benzene rings is 4. The number of anilines is 2. The lowest BCUT2D eigenvalue weighted by Gasteiger charge is -2.43. The molecule has 0 saturated carbocycles. The van der Waals surface area contributed by atoms with Gasteiger partial charge < -0.3 is 44.6 Å². The van der Waals surface area contributed by atoms with Crippen molar-refractivity contribution in [2.24, 2.45) is 0 Å². The van der Waals surface area contributed by atoms with Gasteiger partial charge in [-0.1, -0.05) is 70.7 Å². The van der Waals surface area contributed by atoms with Crippen molar-refractivity contribution in [3.63, 3.8) is 0 Å². The molecule has 6 rings (SSSR count). The van der Waals surface area contributed by atoms with E-state index >= 15 is 0 Å². The van der Waals surface area contributed by atoms with Gasteiger partial charge in [0.15, 0.2) is 0 Å². The van der Waals surface area contributed by atoms with Crippen LogP contribution in [0.15, 0.2) is 84.9 Å². The summed E-state index contributed by atoms with van der Waals surface area (Å²) in [7, 11) is 0. The number of carboxylic acid groups (broad SMARTS) is 1. The number of hydrogen-bond acceptors (Lipinski definition) is 9. The van der Waals surface area contributed by atoms with Crippen LogP contribution in [-0.4, -0.2) is 108 Å². The van der Waals surface area contributed by atoms with Crippen LogP contribution >= 0.6 is 46.4 Å². The molecule has 2 aliphatic rings. The van der Waals surface area contributed by atoms with E-state index in [9.17, 15) is 24.3 Å². The molecule has 4 aromatic rings. The first-order chi connectivity index (χ1) is 29.6. The molecule has 0 radical (unpaired) electrons. The predicted octanol–water partition coefficient (Wildman–Crippen LogP) is 10.0. The summed E-state index contributed by atoms with van der Waals surface area (Å²) in [5.41, 5.74) is 2.79. The van der Waals surface area contributed by atoms with E-state index in [0.717, 1.165) is 16.8 Å². The van der Waals surface area contributed by atoms with Crippen LogP contribution < -0.4 is 15.1 Å². The van der Waals surface area contributed by atoms with E-state index in [2.05, 4.69) is 15.1 Å². The molecule has 338 valence electrons. The number of aromatic carboxylic acids is 1. The van der Waals surface area contributed by atoms with Gasteiger partial charge in [-0.05, 0) is 113 Å². The van der Waals surface area contributed by atoms with Crippen LogP contribution in [0.1, 0.15) is 85.5 Å². The van der Waals surface area contributed by atoms with Gasteiger partial charge in [0, 0.05) is 61.4 Å². The monoisotopic (exact) mass is 943 g/mol. The molecule has 0 unspecified atom stereocenters. The number of nitrogens with one attached hydrogen (secondary N) is 1. The minimum atomic E-state index is -1.03. The molecule has 2 aliphatic heterocycles. The second-order valence-corrected chi connectivity index (χ2v) is 18.7. The van der Waals surface area contributed by atoms with Gasteiger partial charge >= 0.3 is 18.2 Å². The van der Waals surface area contributed by atoms with Gasteiger partial charge in [-0.2, -0.15) is 0 Å². The average molecular weight is 946 g/mol. The van der Waals surface area contributed by atoms with Crippen molar-refractivity contribution in [2.45, 2.75) is 64.8 Å². The zero-order chi connectivity index (χ0) is 46.2. The van der Waals surface area contributed by atoms with Crippen LogP contribution in [0.5, 0.6) is 0 Å². The minimum absolute atomic E-state index is 0.124. The number of ether oxygens (including phenoxy) is 2. The summed E-state index contributed by atoms with van der Waals surface area (Å²) in [5.74, 6) is -1.34. The maximum Gasteiger partial charge on any atom is 0.410 e. The fourth-order valence-corrected chi connectivity index (χ4v) is 7.92. The lowest BCUT2D eigenvalue weighted by Crippen LogP contribution is -2.51. The van der Waals surface area contributed by atoms with Gasteiger partial charge in [-0.3, -0.25) is 4.79 Å². The minimum Gasteiger partial charge on any atom is -0.478 e. The summed E-state index contributed by atoms with van der Waals surface area (Å²) in [6.07, 6.45) is -0.725. The number of halogens is 4. The van der Waals surface area contributed by atoms with E-state index in [-0.39, 0.29) is 48.9 Å². The molecule has 2 fully saturated rings. The molecule has 0 spiro atoms. The predicted molar refractivity (Wildman–Crippen MR) is 248 cm³/mol. The Morgan fingerprint density at radius 2 is 1.02 bits per heavy atom. The first kappa shape index (κ1) is 49.1. The first-order valence-corrected chi connectivity index (χ1v) is 21.9. The van der Waals surface area contributed by atoms with Crippen molar-refractivity contribution < 1.29 is 38.9 Å². The Balaban J connectivity index is 0.000000239. The highest BCUT2D eigenvalue weighted by atomic mass is 35.5.